The number of pyridine rings is 1. The molecule has 2 aromatic rings. The third-order valence-electron chi connectivity index (χ3n) is 2.33. The van der Waals surface area contributed by atoms with Crippen LogP contribution >= 0.6 is 0 Å². The lowest BCUT2D eigenvalue weighted by Crippen LogP contribution is -1.94. The second kappa shape index (κ2) is 5.21. The monoisotopic (exact) mass is 230 g/mol. The first-order valence-corrected chi connectivity index (χ1v) is 5.22. The lowest BCUT2D eigenvalue weighted by atomic mass is 10.2. The van der Waals surface area contributed by atoms with E-state index in [-0.39, 0.29) is 0 Å². The summed E-state index contributed by atoms with van der Waals surface area (Å²) in [5, 5.41) is 3.23. The zero-order valence-electron chi connectivity index (χ0n) is 9.81. The fraction of sp³-hybridized carbons (Fsp3) is 0.154. The Hall–Kier alpha value is -2.23. The molecule has 0 fully saturated rings. The van der Waals surface area contributed by atoms with Gasteiger partial charge in [0.1, 0.15) is 0 Å². The largest absolute Gasteiger partial charge is 0.493 e. The highest BCUT2D eigenvalue weighted by Gasteiger charge is 2.04. The summed E-state index contributed by atoms with van der Waals surface area (Å²) in [7, 11) is 3.23. The van der Waals surface area contributed by atoms with Crippen molar-refractivity contribution in [3.63, 3.8) is 0 Å². The zero-order valence-corrected chi connectivity index (χ0v) is 9.81. The summed E-state index contributed by atoms with van der Waals surface area (Å²) < 4.78 is 10.4. The van der Waals surface area contributed by atoms with Gasteiger partial charge in [-0.05, 0) is 24.3 Å². The Morgan fingerprint density at radius 3 is 2.47 bits per heavy atom. The molecule has 0 radical (unpaired) electrons. The first-order valence-electron chi connectivity index (χ1n) is 5.22. The molecular formula is C13H14N2O2. The molecule has 1 aromatic heterocycles. The highest BCUT2D eigenvalue weighted by molar-refractivity contribution is 5.62. The van der Waals surface area contributed by atoms with E-state index in [0.717, 1.165) is 11.4 Å². The fourth-order valence-electron chi connectivity index (χ4n) is 1.52. The molecule has 0 saturated carbocycles. The molecule has 0 aliphatic heterocycles. The Bertz CT molecular complexity index is 486. The van der Waals surface area contributed by atoms with Crippen LogP contribution in [0.5, 0.6) is 11.5 Å². The lowest BCUT2D eigenvalue weighted by molar-refractivity contribution is 0.355. The first kappa shape index (κ1) is 11.3. The second-order valence-corrected chi connectivity index (χ2v) is 3.44. The summed E-state index contributed by atoms with van der Waals surface area (Å²) in [6.45, 7) is 0. The number of aromatic nitrogens is 1. The highest BCUT2D eigenvalue weighted by Crippen LogP contribution is 2.30. The van der Waals surface area contributed by atoms with Gasteiger partial charge in [0.25, 0.3) is 0 Å². The summed E-state index contributed by atoms with van der Waals surface area (Å²) in [6.07, 6.45) is 3.50. The van der Waals surface area contributed by atoms with Crippen LogP contribution in [-0.2, 0) is 0 Å². The van der Waals surface area contributed by atoms with Gasteiger partial charge in [-0.3, -0.25) is 4.98 Å². The van der Waals surface area contributed by atoms with Crippen molar-refractivity contribution < 1.29 is 9.47 Å². The standard InChI is InChI=1S/C13H14N2O2/c1-16-12-6-5-10(8-13(12)17-2)15-11-4-3-7-14-9-11/h3-9,15H,1-2H3. The van der Waals surface area contributed by atoms with Crippen molar-refractivity contribution in [2.24, 2.45) is 0 Å². The molecule has 88 valence electrons. The van der Waals surface area contributed by atoms with Crippen molar-refractivity contribution >= 4 is 11.4 Å². The molecule has 0 unspecified atom stereocenters. The maximum absolute atomic E-state index is 5.23. The van der Waals surface area contributed by atoms with Gasteiger partial charge in [0.05, 0.1) is 26.1 Å². The summed E-state index contributed by atoms with van der Waals surface area (Å²) in [5.41, 5.74) is 1.86. The van der Waals surface area contributed by atoms with Crippen molar-refractivity contribution in [1.82, 2.24) is 4.98 Å². The number of rotatable bonds is 4. The second-order valence-electron chi connectivity index (χ2n) is 3.44. The maximum atomic E-state index is 5.23. The minimum absolute atomic E-state index is 0.696. The van der Waals surface area contributed by atoms with Gasteiger partial charge in [-0.1, -0.05) is 0 Å². The fourth-order valence-corrected chi connectivity index (χ4v) is 1.52. The van der Waals surface area contributed by atoms with E-state index in [9.17, 15) is 0 Å². The molecule has 0 spiro atoms. The molecule has 1 N–H and O–H groups in total. The molecule has 0 atom stereocenters. The summed E-state index contributed by atoms with van der Waals surface area (Å²) in [4.78, 5) is 4.04. The van der Waals surface area contributed by atoms with Crippen LogP contribution in [0.25, 0.3) is 0 Å². The minimum atomic E-state index is 0.696. The van der Waals surface area contributed by atoms with Crippen LogP contribution in [0.15, 0.2) is 42.7 Å². The van der Waals surface area contributed by atoms with Crippen molar-refractivity contribution in [3.8, 4) is 11.5 Å². The van der Waals surface area contributed by atoms with Crippen molar-refractivity contribution in [2.75, 3.05) is 19.5 Å². The average Bonchev–Trinajstić information content (AvgIpc) is 2.40. The van der Waals surface area contributed by atoms with E-state index in [4.69, 9.17) is 9.47 Å². The van der Waals surface area contributed by atoms with Gasteiger partial charge in [-0.25, -0.2) is 0 Å². The molecule has 0 amide bonds. The SMILES string of the molecule is COc1ccc(Nc2cccnc2)cc1OC. The number of nitrogens with one attached hydrogen (secondary N) is 1. The molecule has 0 saturated heterocycles. The molecule has 1 aromatic carbocycles. The van der Waals surface area contributed by atoms with Crippen molar-refractivity contribution in [2.45, 2.75) is 0 Å². The van der Waals surface area contributed by atoms with Gasteiger partial charge < -0.3 is 14.8 Å². The van der Waals surface area contributed by atoms with E-state index in [0.29, 0.717) is 11.5 Å². The van der Waals surface area contributed by atoms with E-state index in [1.807, 2.05) is 30.3 Å². The van der Waals surface area contributed by atoms with E-state index >= 15 is 0 Å². The number of hydrogen-bond acceptors (Lipinski definition) is 4. The summed E-state index contributed by atoms with van der Waals surface area (Å²) in [6, 6.07) is 9.49. The van der Waals surface area contributed by atoms with Crippen LogP contribution < -0.4 is 14.8 Å². The Kier molecular flexibility index (Phi) is 3.45. The number of benzene rings is 1. The maximum Gasteiger partial charge on any atom is 0.162 e. The van der Waals surface area contributed by atoms with Gasteiger partial charge >= 0.3 is 0 Å². The number of anilines is 2. The molecule has 0 bridgehead atoms. The molecule has 4 heteroatoms. The molecule has 17 heavy (non-hydrogen) atoms. The van der Waals surface area contributed by atoms with E-state index < -0.39 is 0 Å². The van der Waals surface area contributed by atoms with Gasteiger partial charge in [-0.2, -0.15) is 0 Å². The van der Waals surface area contributed by atoms with Crippen LogP contribution in [-0.4, -0.2) is 19.2 Å². The van der Waals surface area contributed by atoms with E-state index in [1.54, 1.807) is 26.6 Å². The average molecular weight is 230 g/mol. The van der Waals surface area contributed by atoms with Crippen molar-refractivity contribution in [3.05, 3.63) is 42.7 Å². The Labute approximate surface area is 100 Å². The normalized spacial score (nSPS) is 9.76. The van der Waals surface area contributed by atoms with Crippen LogP contribution in [0.4, 0.5) is 11.4 Å². The third kappa shape index (κ3) is 2.66. The predicted octanol–water partition coefficient (Wildman–Crippen LogP) is 2.84. The van der Waals surface area contributed by atoms with Crippen LogP contribution in [0.3, 0.4) is 0 Å². The van der Waals surface area contributed by atoms with Crippen LogP contribution in [0.2, 0.25) is 0 Å². The highest BCUT2D eigenvalue weighted by atomic mass is 16.5. The quantitative estimate of drug-likeness (QED) is 0.877. The van der Waals surface area contributed by atoms with Gasteiger partial charge in [0.2, 0.25) is 0 Å². The lowest BCUT2D eigenvalue weighted by Gasteiger charge is -2.10. The van der Waals surface area contributed by atoms with Gasteiger partial charge in [0.15, 0.2) is 11.5 Å². The Balaban J connectivity index is 2.22. The van der Waals surface area contributed by atoms with Crippen molar-refractivity contribution in [1.29, 1.82) is 0 Å². The third-order valence-corrected chi connectivity index (χ3v) is 2.33. The first-order chi connectivity index (χ1) is 8.33. The molecule has 0 aliphatic carbocycles. The molecule has 0 aliphatic rings. The topological polar surface area (TPSA) is 43.4 Å². The number of hydrogen-bond donors (Lipinski definition) is 1. The molecule has 4 nitrogen and oxygen atoms in total. The number of nitrogens with zero attached hydrogens (tertiary/aromatic N) is 1. The Morgan fingerprint density at radius 2 is 1.82 bits per heavy atom. The van der Waals surface area contributed by atoms with Gasteiger partial charge in [0, 0.05) is 18.0 Å². The van der Waals surface area contributed by atoms with Crippen LogP contribution in [0, 0.1) is 0 Å². The predicted molar refractivity (Wildman–Crippen MR) is 67.1 cm³/mol. The Morgan fingerprint density at radius 1 is 1.00 bits per heavy atom. The van der Waals surface area contributed by atoms with E-state index in [2.05, 4.69) is 10.3 Å². The molecular weight excluding hydrogens is 216 g/mol. The van der Waals surface area contributed by atoms with Crippen LogP contribution in [0.1, 0.15) is 0 Å². The van der Waals surface area contributed by atoms with E-state index in [1.165, 1.54) is 0 Å². The molecule has 1 heterocycles. The molecule has 2 rings (SSSR count). The number of methoxy groups -OCH3 is 2. The number of ether oxygens (including phenoxy) is 2. The smallest absolute Gasteiger partial charge is 0.162 e. The summed E-state index contributed by atoms with van der Waals surface area (Å²) in [5.74, 6) is 1.41. The minimum Gasteiger partial charge on any atom is -0.493 e. The summed E-state index contributed by atoms with van der Waals surface area (Å²) >= 11 is 0. The van der Waals surface area contributed by atoms with Gasteiger partial charge in [-0.15, -0.1) is 0 Å². The zero-order chi connectivity index (χ0) is 12.1.